The Balaban J connectivity index is 1.90. The van der Waals surface area contributed by atoms with Gasteiger partial charge in [0.2, 0.25) is 0 Å². The number of hydrogen-bond acceptors (Lipinski definition) is 3. The third-order valence-corrected chi connectivity index (χ3v) is 4.72. The molecule has 0 aromatic heterocycles. The van der Waals surface area contributed by atoms with Crippen LogP contribution >= 0.6 is 0 Å². The van der Waals surface area contributed by atoms with E-state index in [-0.39, 0.29) is 10.6 Å². The molecule has 0 saturated heterocycles. The van der Waals surface area contributed by atoms with Crippen LogP contribution in [0.5, 0.6) is 0 Å². The number of fused-ring (bicyclic) bond motifs is 1. The molecule has 1 saturated carbocycles. The number of para-hydroxylation sites is 1. The van der Waals surface area contributed by atoms with Crippen molar-refractivity contribution >= 4 is 11.4 Å². The van der Waals surface area contributed by atoms with Crippen LogP contribution in [0.25, 0.3) is 0 Å². The number of nitrogens with one attached hydrogen (secondary N) is 1. The molecule has 19 heavy (non-hydrogen) atoms. The first-order valence-corrected chi connectivity index (χ1v) is 7.18. The zero-order valence-electron chi connectivity index (χ0n) is 11.3. The highest BCUT2D eigenvalue weighted by Gasteiger charge is 2.35. The number of anilines is 1. The van der Waals surface area contributed by atoms with Gasteiger partial charge in [0, 0.05) is 18.5 Å². The molecule has 3 atom stereocenters. The Morgan fingerprint density at radius 2 is 2.21 bits per heavy atom. The molecule has 1 aliphatic carbocycles. The predicted octanol–water partition coefficient (Wildman–Crippen LogP) is 3.93. The third-order valence-electron chi connectivity index (χ3n) is 4.72. The predicted molar refractivity (Wildman–Crippen MR) is 75.4 cm³/mol. The van der Waals surface area contributed by atoms with Gasteiger partial charge in [-0.15, -0.1) is 0 Å². The van der Waals surface area contributed by atoms with Crippen molar-refractivity contribution in [2.45, 2.75) is 38.5 Å². The van der Waals surface area contributed by atoms with Crippen molar-refractivity contribution in [2.75, 3.05) is 11.9 Å². The number of hydrogen-bond donors (Lipinski definition) is 1. The van der Waals surface area contributed by atoms with Gasteiger partial charge in [0.15, 0.2) is 0 Å². The topological polar surface area (TPSA) is 55.2 Å². The zero-order chi connectivity index (χ0) is 13.4. The van der Waals surface area contributed by atoms with Gasteiger partial charge in [0.1, 0.15) is 5.69 Å². The minimum Gasteiger partial charge on any atom is -0.379 e. The first-order chi connectivity index (χ1) is 9.16. The summed E-state index contributed by atoms with van der Waals surface area (Å²) in [5.41, 5.74) is 2.15. The minimum atomic E-state index is -0.280. The summed E-state index contributed by atoms with van der Waals surface area (Å²) >= 11 is 0. The highest BCUT2D eigenvalue weighted by atomic mass is 16.6. The molecule has 1 heterocycles. The molecule has 1 aromatic rings. The van der Waals surface area contributed by atoms with E-state index in [2.05, 4.69) is 18.3 Å². The second-order valence-electron chi connectivity index (χ2n) is 6.02. The van der Waals surface area contributed by atoms with Crippen LogP contribution in [0, 0.1) is 22.0 Å². The number of nitro benzene ring substituents is 1. The molecule has 0 spiro atoms. The first kappa shape index (κ1) is 12.5. The molecule has 3 unspecified atom stereocenters. The molecule has 0 bridgehead atoms. The van der Waals surface area contributed by atoms with Crippen LogP contribution in [-0.4, -0.2) is 11.5 Å². The fraction of sp³-hybridized carbons (Fsp3) is 0.600. The van der Waals surface area contributed by atoms with E-state index < -0.39 is 0 Å². The summed E-state index contributed by atoms with van der Waals surface area (Å²) in [4.78, 5) is 10.8. The summed E-state index contributed by atoms with van der Waals surface area (Å²) in [6.45, 7) is 3.18. The molecule has 3 rings (SSSR count). The van der Waals surface area contributed by atoms with E-state index in [9.17, 15) is 10.1 Å². The van der Waals surface area contributed by atoms with Crippen LogP contribution in [-0.2, 0) is 0 Å². The Kier molecular flexibility index (Phi) is 3.17. The lowest BCUT2D eigenvalue weighted by Gasteiger charge is -2.31. The smallest absolute Gasteiger partial charge is 0.292 e. The molecule has 4 heteroatoms. The van der Waals surface area contributed by atoms with Crippen LogP contribution in [0.3, 0.4) is 0 Å². The number of nitrogens with zero attached hydrogens (tertiary/aromatic N) is 1. The Hall–Kier alpha value is -1.58. The van der Waals surface area contributed by atoms with E-state index >= 15 is 0 Å². The number of benzene rings is 1. The maximum atomic E-state index is 11.1. The molecule has 0 amide bonds. The van der Waals surface area contributed by atoms with Gasteiger partial charge in [-0.05, 0) is 30.2 Å². The van der Waals surface area contributed by atoms with Crippen LogP contribution < -0.4 is 5.32 Å². The average molecular weight is 260 g/mol. The van der Waals surface area contributed by atoms with Crippen LogP contribution in [0.15, 0.2) is 18.2 Å². The van der Waals surface area contributed by atoms with Gasteiger partial charge < -0.3 is 5.32 Å². The first-order valence-electron chi connectivity index (χ1n) is 7.18. The molecule has 1 aromatic carbocycles. The van der Waals surface area contributed by atoms with E-state index in [4.69, 9.17) is 0 Å². The molecule has 1 N–H and O–H groups in total. The highest BCUT2D eigenvalue weighted by molar-refractivity contribution is 5.70. The standard InChI is InChI=1S/C15H20N2O2/c1-10-4-2-5-11(8-10)13-9-16-15-12(13)6-3-7-14(15)17(18)19/h3,6-7,10-11,13,16H,2,4-5,8-9H2,1H3. The van der Waals surface area contributed by atoms with Crippen molar-refractivity contribution in [3.63, 3.8) is 0 Å². The SMILES string of the molecule is CC1CCCC(C2CNc3c2cccc3[N+](=O)[O-])C1. The molecular formula is C15H20N2O2. The van der Waals surface area contributed by atoms with Crippen LogP contribution in [0.4, 0.5) is 11.4 Å². The van der Waals surface area contributed by atoms with Crippen molar-refractivity contribution in [2.24, 2.45) is 11.8 Å². The molecular weight excluding hydrogens is 240 g/mol. The van der Waals surface area contributed by atoms with E-state index in [1.54, 1.807) is 6.07 Å². The number of rotatable bonds is 2. The summed E-state index contributed by atoms with van der Waals surface area (Å²) < 4.78 is 0. The maximum absolute atomic E-state index is 11.1. The lowest BCUT2D eigenvalue weighted by atomic mass is 9.74. The molecule has 0 radical (unpaired) electrons. The summed E-state index contributed by atoms with van der Waals surface area (Å²) in [5, 5.41) is 14.3. The highest BCUT2D eigenvalue weighted by Crippen LogP contribution is 2.46. The molecule has 1 aliphatic heterocycles. The van der Waals surface area contributed by atoms with Gasteiger partial charge in [-0.3, -0.25) is 10.1 Å². The van der Waals surface area contributed by atoms with E-state index in [0.717, 1.165) is 23.7 Å². The Labute approximate surface area is 113 Å². The van der Waals surface area contributed by atoms with Crippen molar-refractivity contribution in [1.29, 1.82) is 0 Å². The monoisotopic (exact) mass is 260 g/mol. The van der Waals surface area contributed by atoms with Gasteiger partial charge in [-0.2, -0.15) is 0 Å². The summed E-state index contributed by atoms with van der Waals surface area (Å²) in [7, 11) is 0. The van der Waals surface area contributed by atoms with Gasteiger partial charge in [-0.1, -0.05) is 31.9 Å². The fourth-order valence-electron chi connectivity index (χ4n) is 3.80. The average Bonchev–Trinajstić information content (AvgIpc) is 2.82. The number of nitro groups is 1. The quantitative estimate of drug-likeness (QED) is 0.647. The molecule has 2 aliphatic rings. The van der Waals surface area contributed by atoms with Crippen molar-refractivity contribution in [1.82, 2.24) is 0 Å². The van der Waals surface area contributed by atoms with E-state index in [0.29, 0.717) is 11.8 Å². The van der Waals surface area contributed by atoms with Gasteiger partial charge >= 0.3 is 0 Å². The van der Waals surface area contributed by atoms with E-state index in [1.807, 2.05) is 6.07 Å². The minimum absolute atomic E-state index is 0.226. The fourth-order valence-corrected chi connectivity index (χ4v) is 3.80. The Bertz CT molecular complexity index is 501. The normalized spacial score (nSPS) is 29.6. The molecule has 4 nitrogen and oxygen atoms in total. The van der Waals surface area contributed by atoms with E-state index in [1.165, 1.54) is 25.7 Å². The third kappa shape index (κ3) is 2.20. The lowest BCUT2D eigenvalue weighted by Crippen LogP contribution is -2.21. The van der Waals surface area contributed by atoms with Gasteiger partial charge in [0.05, 0.1) is 4.92 Å². The van der Waals surface area contributed by atoms with Crippen LogP contribution in [0.2, 0.25) is 0 Å². The Morgan fingerprint density at radius 1 is 1.37 bits per heavy atom. The van der Waals surface area contributed by atoms with Gasteiger partial charge in [-0.25, -0.2) is 0 Å². The largest absolute Gasteiger partial charge is 0.379 e. The summed E-state index contributed by atoms with van der Waals surface area (Å²) in [6, 6.07) is 5.48. The zero-order valence-corrected chi connectivity index (χ0v) is 11.3. The summed E-state index contributed by atoms with van der Waals surface area (Å²) in [6.07, 6.45) is 5.15. The second kappa shape index (κ2) is 4.83. The van der Waals surface area contributed by atoms with Crippen molar-refractivity contribution in [3.05, 3.63) is 33.9 Å². The van der Waals surface area contributed by atoms with Crippen molar-refractivity contribution < 1.29 is 4.92 Å². The van der Waals surface area contributed by atoms with Gasteiger partial charge in [0.25, 0.3) is 5.69 Å². The van der Waals surface area contributed by atoms with Crippen molar-refractivity contribution in [3.8, 4) is 0 Å². The lowest BCUT2D eigenvalue weighted by molar-refractivity contribution is -0.383. The second-order valence-corrected chi connectivity index (χ2v) is 6.02. The molecule has 102 valence electrons. The Morgan fingerprint density at radius 3 is 2.95 bits per heavy atom. The van der Waals surface area contributed by atoms with Crippen LogP contribution in [0.1, 0.15) is 44.1 Å². The maximum Gasteiger partial charge on any atom is 0.292 e. The molecule has 1 fully saturated rings. The summed E-state index contributed by atoms with van der Waals surface area (Å²) in [5.74, 6) is 1.93.